The number of hydrogen-bond acceptors (Lipinski definition) is 4. The van der Waals surface area contributed by atoms with E-state index < -0.39 is 0 Å². The molecule has 2 rings (SSSR count). The van der Waals surface area contributed by atoms with Gasteiger partial charge >= 0.3 is 0 Å². The summed E-state index contributed by atoms with van der Waals surface area (Å²) in [5.74, 6) is -0.391. The van der Waals surface area contributed by atoms with Crippen LogP contribution >= 0.6 is 24.2 Å². The van der Waals surface area contributed by atoms with E-state index in [0.717, 1.165) is 4.90 Å². The maximum atomic E-state index is 11.2. The van der Waals surface area contributed by atoms with E-state index in [1.165, 1.54) is 0 Å². The van der Waals surface area contributed by atoms with Crippen LogP contribution in [-0.4, -0.2) is 16.6 Å². The molecule has 1 aromatic heterocycles. The molecule has 0 aliphatic carbocycles. The molecule has 1 heterocycles. The molecule has 2 aromatic rings. The van der Waals surface area contributed by atoms with Gasteiger partial charge in [0.05, 0.1) is 5.88 Å². The zero-order valence-electron chi connectivity index (χ0n) is 7.03. The molecule has 0 amide bonds. The molecule has 72 valence electrons. The monoisotopic (exact) mass is 227 g/mol. The summed E-state index contributed by atoms with van der Waals surface area (Å²) in [6.07, 6.45) is 0. The largest absolute Gasteiger partial charge is 0.434 e. The van der Waals surface area contributed by atoms with Gasteiger partial charge in [0.25, 0.3) is 5.89 Å². The average molecular weight is 228 g/mol. The number of alkyl halides is 1. The van der Waals surface area contributed by atoms with Crippen molar-refractivity contribution in [1.82, 2.24) is 4.98 Å². The first kappa shape index (κ1) is 9.55. The van der Waals surface area contributed by atoms with Crippen molar-refractivity contribution in [1.29, 1.82) is 0 Å². The summed E-state index contributed by atoms with van der Waals surface area (Å²) in [5, 5.41) is 0. The molecule has 0 aliphatic heterocycles. The van der Waals surface area contributed by atoms with Crippen LogP contribution in [0.2, 0.25) is 0 Å². The molecular formula is C9H6ClNO2S. The summed E-state index contributed by atoms with van der Waals surface area (Å²) in [7, 11) is 0. The lowest BCUT2D eigenvalue weighted by atomic mass is 10.3. The van der Waals surface area contributed by atoms with Gasteiger partial charge in [-0.25, -0.2) is 4.98 Å². The van der Waals surface area contributed by atoms with E-state index in [9.17, 15) is 4.79 Å². The third-order valence-electron chi connectivity index (χ3n) is 1.73. The first-order valence-corrected chi connectivity index (χ1v) is 4.87. The number of halogens is 1. The van der Waals surface area contributed by atoms with Gasteiger partial charge in [0.1, 0.15) is 5.52 Å². The summed E-state index contributed by atoms with van der Waals surface area (Å²) >= 11 is 9.53. The number of hydrogen-bond donors (Lipinski definition) is 1. The molecule has 0 spiro atoms. The Bertz CT molecular complexity index is 495. The van der Waals surface area contributed by atoms with Crippen molar-refractivity contribution in [3.05, 3.63) is 24.1 Å². The van der Waals surface area contributed by atoms with Crippen molar-refractivity contribution < 1.29 is 9.21 Å². The highest BCUT2D eigenvalue weighted by molar-refractivity contribution is 7.80. The van der Waals surface area contributed by atoms with Crippen LogP contribution in [0.5, 0.6) is 0 Å². The lowest BCUT2D eigenvalue weighted by Crippen LogP contribution is -1.99. The third kappa shape index (κ3) is 1.63. The predicted octanol–water partition coefficient (Wildman–Crippen LogP) is 2.54. The van der Waals surface area contributed by atoms with Crippen LogP contribution in [0.25, 0.3) is 11.1 Å². The molecule has 0 saturated heterocycles. The number of carbonyl (C=O) groups is 1. The van der Waals surface area contributed by atoms with E-state index in [1.54, 1.807) is 18.2 Å². The second-order valence-corrected chi connectivity index (χ2v) is 3.51. The highest BCUT2D eigenvalue weighted by Crippen LogP contribution is 2.19. The molecule has 5 heteroatoms. The van der Waals surface area contributed by atoms with Crippen LogP contribution in [0, 0.1) is 0 Å². The number of fused-ring (bicyclic) bond motifs is 1. The number of carbonyl (C=O) groups excluding carboxylic acids is 1. The smallest absolute Gasteiger partial charge is 0.265 e. The Morgan fingerprint density at radius 3 is 3.07 bits per heavy atom. The summed E-state index contributed by atoms with van der Waals surface area (Å²) in [6, 6.07) is 5.23. The number of rotatable bonds is 2. The minimum atomic E-state index is -0.316. The number of aromatic nitrogens is 1. The third-order valence-corrected chi connectivity index (χ3v) is 2.25. The molecular weight excluding hydrogens is 222 g/mol. The highest BCUT2D eigenvalue weighted by atomic mass is 35.5. The molecule has 0 aliphatic rings. The molecule has 3 nitrogen and oxygen atoms in total. The number of ketones is 1. The zero-order valence-corrected chi connectivity index (χ0v) is 8.68. The number of nitrogens with zero attached hydrogens (tertiary/aromatic N) is 1. The van der Waals surface area contributed by atoms with Crippen molar-refractivity contribution in [3.63, 3.8) is 0 Å². The number of benzene rings is 1. The van der Waals surface area contributed by atoms with Crippen molar-refractivity contribution >= 4 is 41.1 Å². The van der Waals surface area contributed by atoms with Gasteiger partial charge in [-0.1, -0.05) is 0 Å². The zero-order chi connectivity index (χ0) is 10.1. The fraction of sp³-hybridized carbons (Fsp3) is 0.111. The van der Waals surface area contributed by atoms with E-state index in [0.29, 0.717) is 11.1 Å². The van der Waals surface area contributed by atoms with Crippen LogP contribution in [0.3, 0.4) is 0 Å². The van der Waals surface area contributed by atoms with Crippen LogP contribution in [0.15, 0.2) is 27.5 Å². The Hall–Kier alpha value is -1.00. The molecule has 0 radical (unpaired) electrons. The van der Waals surface area contributed by atoms with Crippen LogP contribution < -0.4 is 0 Å². The Morgan fingerprint density at radius 2 is 2.36 bits per heavy atom. The molecule has 0 saturated carbocycles. The first-order chi connectivity index (χ1) is 6.70. The van der Waals surface area contributed by atoms with Gasteiger partial charge in [-0.3, -0.25) is 4.79 Å². The Labute approximate surface area is 90.5 Å². The van der Waals surface area contributed by atoms with Crippen molar-refractivity contribution in [3.8, 4) is 0 Å². The lowest BCUT2D eigenvalue weighted by molar-refractivity contribution is 0.0986. The summed E-state index contributed by atoms with van der Waals surface area (Å²) < 4.78 is 5.21. The highest BCUT2D eigenvalue weighted by Gasteiger charge is 2.12. The number of Topliss-reactive ketones (excluding diaryl/α,β-unsaturated/α-hetero) is 1. The van der Waals surface area contributed by atoms with E-state index >= 15 is 0 Å². The van der Waals surface area contributed by atoms with Crippen molar-refractivity contribution in [2.75, 3.05) is 5.88 Å². The van der Waals surface area contributed by atoms with E-state index in [2.05, 4.69) is 17.6 Å². The summed E-state index contributed by atoms with van der Waals surface area (Å²) in [4.78, 5) is 15.9. The van der Waals surface area contributed by atoms with E-state index in [4.69, 9.17) is 16.0 Å². The fourth-order valence-corrected chi connectivity index (χ4v) is 1.40. The van der Waals surface area contributed by atoms with Gasteiger partial charge in [0, 0.05) is 4.90 Å². The summed E-state index contributed by atoms with van der Waals surface area (Å²) in [5.41, 5.74) is 1.18. The van der Waals surface area contributed by atoms with E-state index in [-0.39, 0.29) is 17.6 Å². The lowest BCUT2D eigenvalue weighted by Gasteiger charge is -1.87. The van der Waals surface area contributed by atoms with Crippen molar-refractivity contribution in [2.24, 2.45) is 0 Å². The van der Waals surface area contributed by atoms with Gasteiger partial charge < -0.3 is 4.42 Å². The van der Waals surface area contributed by atoms with Gasteiger partial charge in [-0.05, 0) is 18.2 Å². The molecule has 0 fully saturated rings. The Morgan fingerprint density at radius 1 is 1.57 bits per heavy atom. The normalized spacial score (nSPS) is 10.7. The molecule has 0 N–H and O–H groups in total. The second kappa shape index (κ2) is 3.63. The SMILES string of the molecule is O=C(CCl)c1nc2ccc(S)cc2o1. The maximum Gasteiger partial charge on any atom is 0.265 e. The predicted molar refractivity (Wildman–Crippen MR) is 56.3 cm³/mol. The topological polar surface area (TPSA) is 43.1 Å². The van der Waals surface area contributed by atoms with Crippen LogP contribution in [0.1, 0.15) is 10.7 Å². The Balaban J connectivity index is 2.56. The van der Waals surface area contributed by atoms with E-state index in [1.807, 2.05) is 0 Å². The molecule has 0 unspecified atom stereocenters. The average Bonchev–Trinajstić information content (AvgIpc) is 2.59. The van der Waals surface area contributed by atoms with Gasteiger partial charge in [0.15, 0.2) is 5.58 Å². The molecule has 0 bridgehead atoms. The van der Waals surface area contributed by atoms with Gasteiger partial charge in [-0.15, -0.1) is 24.2 Å². The van der Waals surface area contributed by atoms with Gasteiger partial charge in [-0.2, -0.15) is 0 Å². The summed E-state index contributed by atoms with van der Waals surface area (Å²) in [6.45, 7) is 0. The second-order valence-electron chi connectivity index (χ2n) is 2.73. The number of oxazole rings is 1. The quantitative estimate of drug-likeness (QED) is 0.487. The molecule has 1 aromatic carbocycles. The van der Waals surface area contributed by atoms with Crippen molar-refractivity contribution in [2.45, 2.75) is 4.90 Å². The minimum absolute atomic E-state index is 0.0499. The minimum Gasteiger partial charge on any atom is -0.434 e. The maximum absolute atomic E-state index is 11.2. The molecule has 14 heavy (non-hydrogen) atoms. The fourth-order valence-electron chi connectivity index (χ4n) is 1.09. The standard InChI is InChI=1S/C9H6ClNO2S/c10-4-7(12)9-11-6-2-1-5(14)3-8(6)13-9/h1-3,14H,4H2. The van der Waals surface area contributed by atoms with Gasteiger partial charge in [0.2, 0.25) is 5.78 Å². The number of thiol groups is 1. The van der Waals surface area contributed by atoms with Crippen LogP contribution in [-0.2, 0) is 0 Å². The first-order valence-electron chi connectivity index (χ1n) is 3.89. The Kier molecular flexibility index (Phi) is 2.48. The van der Waals surface area contributed by atoms with Crippen LogP contribution in [0.4, 0.5) is 0 Å². The molecule has 0 atom stereocenters.